The van der Waals surface area contributed by atoms with Crippen molar-refractivity contribution in [1.82, 2.24) is 0 Å². The summed E-state index contributed by atoms with van der Waals surface area (Å²) < 4.78 is 5.85. The molecule has 0 fully saturated rings. The summed E-state index contributed by atoms with van der Waals surface area (Å²) in [6, 6.07) is 5.60. The van der Waals surface area contributed by atoms with Gasteiger partial charge < -0.3 is 4.74 Å². The van der Waals surface area contributed by atoms with Gasteiger partial charge in [-0.05, 0) is 12.1 Å². The first-order valence-corrected chi connectivity index (χ1v) is 4.04. The van der Waals surface area contributed by atoms with Gasteiger partial charge in [-0.25, -0.2) is 0 Å². The highest BCUT2D eigenvalue weighted by molar-refractivity contribution is 9.10. The van der Waals surface area contributed by atoms with Crippen molar-refractivity contribution in [2.45, 2.75) is 6.42 Å². The standard InChI is InChI=1S/C8H5BrO2/c9-6-2-1-5-3-8(10)11-7(5)4-6/h1-2,4H,3H2. The maximum Gasteiger partial charge on any atom is 0.315 e. The van der Waals surface area contributed by atoms with E-state index in [0.717, 1.165) is 10.0 Å². The second-order valence-electron chi connectivity index (χ2n) is 2.40. The molecule has 1 aromatic rings. The Bertz CT molecular complexity index is 320. The summed E-state index contributed by atoms with van der Waals surface area (Å²) in [5.41, 5.74) is 0.971. The second-order valence-corrected chi connectivity index (χ2v) is 3.32. The average Bonchev–Trinajstić information content (AvgIpc) is 2.27. The van der Waals surface area contributed by atoms with E-state index in [1.807, 2.05) is 12.1 Å². The first-order valence-electron chi connectivity index (χ1n) is 3.25. The number of carbonyl (C=O) groups excluding carboxylic acids is 1. The summed E-state index contributed by atoms with van der Waals surface area (Å²) in [4.78, 5) is 10.8. The zero-order chi connectivity index (χ0) is 7.84. The van der Waals surface area contributed by atoms with Crippen LogP contribution >= 0.6 is 15.9 Å². The fraction of sp³-hybridized carbons (Fsp3) is 0.125. The van der Waals surface area contributed by atoms with Gasteiger partial charge in [0.1, 0.15) is 5.75 Å². The number of benzene rings is 1. The smallest absolute Gasteiger partial charge is 0.315 e. The monoisotopic (exact) mass is 212 g/mol. The van der Waals surface area contributed by atoms with Crippen LogP contribution in [0.2, 0.25) is 0 Å². The van der Waals surface area contributed by atoms with Crippen LogP contribution in [0.1, 0.15) is 5.56 Å². The number of ether oxygens (including phenoxy) is 1. The highest BCUT2D eigenvalue weighted by Crippen LogP contribution is 2.28. The third kappa shape index (κ3) is 1.16. The molecule has 0 atom stereocenters. The predicted octanol–water partition coefficient (Wildman–Crippen LogP) is 1.91. The molecule has 56 valence electrons. The van der Waals surface area contributed by atoms with Crippen molar-refractivity contribution < 1.29 is 9.53 Å². The molecular weight excluding hydrogens is 208 g/mol. The Morgan fingerprint density at radius 2 is 2.27 bits per heavy atom. The largest absolute Gasteiger partial charge is 0.426 e. The number of hydrogen-bond donors (Lipinski definition) is 0. The van der Waals surface area contributed by atoms with Gasteiger partial charge in [0, 0.05) is 10.0 Å². The van der Waals surface area contributed by atoms with Crippen molar-refractivity contribution in [3.8, 4) is 5.75 Å². The molecule has 1 aliphatic rings. The van der Waals surface area contributed by atoms with Gasteiger partial charge >= 0.3 is 5.97 Å². The van der Waals surface area contributed by atoms with Crippen LogP contribution in [0.4, 0.5) is 0 Å². The topological polar surface area (TPSA) is 26.3 Å². The van der Waals surface area contributed by atoms with Gasteiger partial charge in [-0.3, -0.25) is 4.79 Å². The molecule has 0 aliphatic carbocycles. The highest BCUT2D eigenvalue weighted by Gasteiger charge is 2.19. The molecule has 0 aromatic heterocycles. The third-order valence-electron chi connectivity index (χ3n) is 1.59. The Labute approximate surface area is 72.3 Å². The minimum atomic E-state index is -0.168. The van der Waals surface area contributed by atoms with Crippen LogP contribution in [0, 0.1) is 0 Å². The highest BCUT2D eigenvalue weighted by atomic mass is 79.9. The van der Waals surface area contributed by atoms with Crippen LogP contribution in [0.3, 0.4) is 0 Å². The molecule has 0 spiro atoms. The fourth-order valence-electron chi connectivity index (χ4n) is 1.08. The molecule has 1 aliphatic heterocycles. The Kier molecular flexibility index (Phi) is 1.46. The predicted molar refractivity (Wildman–Crippen MR) is 43.5 cm³/mol. The molecule has 1 heterocycles. The number of fused-ring (bicyclic) bond motifs is 1. The molecule has 0 N–H and O–H groups in total. The lowest BCUT2D eigenvalue weighted by atomic mass is 10.2. The minimum Gasteiger partial charge on any atom is -0.426 e. The van der Waals surface area contributed by atoms with E-state index >= 15 is 0 Å². The summed E-state index contributed by atoms with van der Waals surface area (Å²) in [6.45, 7) is 0. The molecule has 1 aromatic carbocycles. The van der Waals surface area contributed by atoms with Gasteiger partial charge in [0.15, 0.2) is 0 Å². The van der Waals surface area contributed by atoms with Gasteiger partial charge in [0.2, 0.25) is 0 Å². The van der Waals surface area contributed by atoms with Crippen molar-refractivity contribution in [2.24, 2.45) is 0 Å². The number of esters is 1. The molecule has 3 heteroatoms. The first kappa shape index (κ1) is 6.85. The van der Waals surface area contributed by atoms with Crippen LogP contribution in [0.25, 0.3) is 0 Å². The number of rotatable bonds is 0. The van der Waals surface area contributed by atoms with Crippen LogP contribution in [0.15, 0.2) is 22.7 Å². The van der Waals surface area contributed by atoms with Gasteiger partial charge in [-0.15, -0.1) is 0 Å². The van der Waals surface area contributed by atoms with E-state index < -0.39 is 0 Å². The molecule has 2 nitrogen and oxygen atoms in total. The van der Waals surface area contributed by atoms with Gasteiger partial charge in [-0.1, -0.05) is 22.0 Å². The molecule has 0 saturated heterocycles. The number of hydrogen-bond acceptors (Lipinski definition) is 2. The molecule has 0 amide bonds. The van der Waals surface area contributed by atoms with E-state index in [1.165, 1.54) is 0 Å². The molecular formula is C8H5BrO2. The van der Waals surface area contributed by atoms with Crippen LogP contribution in [-0.2, 0) is 11.2 Å². The molecule has 0 saturated carbocycles. The molecule has 11 heavy (non-hydrogen) atoms. The van der Waals surface area contributed by atoms with E-state index in [-0.39, 0.29) is 5.97 Å². The quantitative estimate of drug-likeness (QED) is 0.486. The van der Waals surface area contributed by atoms with Crippen molar-refractivity contribution in [3.63, 3.8) is 0 Å². The van der Waals surface area contributed by atoms with Crippen LogP contribution < -0.4 is 4.74 Å². The summed E-state index contributed by atoms with van der Waals surface area (Å²) in [5, 5.41) is 0. The Balaban J connectivity index is 2.51. The van der Waals surface area contributed by atoms with E-state index in [9.17, 15) is 4.79 Å². The van der Waals surface area contributed by atoms with E-state index in [2.05, 4.69) is 15.9 Å². The minimum absolute atomic E-state index is 0.168. The van der Waals surface area contributed by atoms with Gasteiger partial charge in [-0.2, -0.15) is 0 Å². The van der Waals surface area contributed by atoms with E-state index in [1.54, 1.807) is 6.07 Å². The molecule has 0 bridgehead atoms. The summed E-state index contributed by atoms with van der Waals surface area (Å²) in [6.07, 6.45) is 0.405. The normalized spacial score (nSPS) is 14.5. The second kappa shape index (κ2) is 2.34. The number of carbonyl (C=O) groups is 1. The molecule has 2 rings (SSSR count). The lowest BCUT2D eigenvalue weighted by molar-refractivity contribution is -0.131. The van der Waals surface area contributed by atoms with Crippen molar-refractivity contribution in [1.29, 1.82) is 0 Å². The Hall–Kier alpha value is -0.830. The van der Waals surface area contributed by atoms with Crippen molar-refractivity contribution in [2.75, 3.05) is 0 Å². The zero-order valence-corrected chi connectivity index (χ0v) is 7.22. The summed E-state index contributed by atoms with van der Waals surface area (Å²) in [7, 11) is 0. The Morgan fingerprint density at radius 3 is 3.09 bits per heavy atom. The summed E-state index contributed by atoms with van der Waals surface area (Å²) in [5.74, 6) is 0.516. The fourth-order valence-corrected chi connectivity index (χ4v) is 1.42. The van der Waals surface area contributed by atoms with E-state index in [0.29, 0.717) is 12.2 Å². The maximum absolute atomic E-state index is 10.8. The van der Waals surface area contributed by atoms with Gasteiger partial charge in [0.05, 0.1) is 6.42 Å². The van der Waals surface area contributed by atoms with Crippen LogP contribution in [-0.4, -0.2) is 5.97 Å². The maximum atomic E-state index is 10.8. The lowest BCUT2D eigenvalue weighted by Gasteiger charge is -1.95. The van der Waals surface area contributed by atoms with Crippen molar-refractivity contribution >= 4 is 21.9 Å². The molecule has 0 radical (unpaired) electrons. The molecule has 0 unspecified atom stereocenters. The number of halogens is 1. The average molecular weight is 213 g/mol. The Morgan fingerprint density at radius 1 is 1.45 bits per heavy atom. The third-order valence-corrected chi connectivity index (χ3v) is 2.08. The van der Waals surface area contributed by atoms with Crippen LogP contribution in [0.5, 0.6) is 5.75 Å². The van der Waals surface area contributed by atoms with Gasteiger partial charge in [0.25, 0.3) is 0 Å². The summed E-state index contributed by atoms with van der Waals surface area (Å²) >= 11 is 3.29. The van der Waals surface area contributed by atoms with Crippen molar-refractivity contribution in [3.05, 3.63) is 28.2 Å². The SMILES string of the molecule is O=C1Cc2ccc(Br)cc2O1. The van der Waals surface area contributed by atoms with E-state index in [4.69, 9.17) is 4.74 Å². The lowest BCUT2D eigenvalue weighted by Crippen LogP contribution is -2.00. The first-order chi connectivity index (χ1) is 5.25. The zero-order valence-electron chi connectivity index (χ0n) is 5.63.